The largest absolute Gasteiger partial charge is 0.368 e. The third-order valence-electron chi connectivity index (χ3n) is 2.11. The first-order valence-corrected chi connectivity index (χ1v) is 3.85. The third kappa shape index (κ3) is 1.63. The molecule has 1 aliphatic rings. The van der Waals surface area contributed by atoms with Crippen molar-refractivity contribution in [3.63, 3.8) is 0 Å². The Kier molecular flexibility index (Phi) is 2.53. The van der Waals surface area contributed by atoms with Gasteiger partial charge in [0.1, 0.15) is 6.04 Å². The van der Waals surface area contributed by atoms with Gasteiger partial charge in [-0.05, 0) is 0 Å². The Morgan fingerprint density at radius 3 is 2.23 bits per heavy atom. The van der Waals surface area contributed by atoms with E-state index in [1.807, 2.05) is 0 Å². The molecule has 3 amide bonds. The van der Waals surface area contributed by atoms with E-state index in [0.29, 0.717) is 0 Å². The summed E-state index contributed by atoms with van der Waals surface area (Å²) in [7, 11) is 2.82. The van der Waals surface area contributed by atoms with Crippen molar-refractivity contribution < 1.29 is 19.8 Å². The van der Waals surface area contributed by atoms with Crippen molar-refractivity contribution >= 4 is 11.9 Å². The highest BCUT2D eigenvalue weighted by atomic mass is 16.5. The molecule has 1 fully saturated rings. The molecule has 1 atom stereocenters. The molecule has 0 bridgehead atoms. The Morgan fingerprint density at radius 1 is 1.38 bits per heavy atom. The quantitative estimate of drug-likeness (QED) is 0.411. The van der Waals surface area contributed by atoms with Crippen LogP contribution in [0.5, 0.6) is 0 Å². The van der Waals surface area contributed by atoms with Gasteiger partial charge >= 0.3 is 6.03 Å². The van der Waals surface area contributed by atoms with Crippen LogP contribution >= 0.6 is 0 Å². The Hall–Kier alpha value is -1.14. The lowest BCUT2D eigenvalue weighted by molar-refractivity contribution is -0.130. The minimum atomic E-state index is -1.57. The summed E-state index contributed by atoms with van der Waals surface area (Å²) < 4.78 is 0. The number of urea groups is 1. The molecule has 0 spiro atoms. The first-order valence-electron chi connectivity index (χ1n) is 3.85. The van der Waals surface area contributed by atoms with Gasteiger partial charge in [-0.3, -0.25) is 9.69 Å². The molecule has 2 N–H and O–H groups in total. The highest BCUT2D eigenvalue weighted by molar-refractivity contribution is 6.03. The molecular formula is C7H12N2O4. The van der Waals surface area contributed by atoms with Crippen LogP contribution < -0.4 is 0 Å². The van der Waals surface area contributed by atoms with E-state index in [2.05, 4.69) is 0 Å². The summed E-state index contributed by atoms with van der Waals surface area (Å²) >= 11 is 0. The summed E-state index contributed by atoms with van der Waals surface area (Å²) in [4.78, 5) is 24.6. The molecule has 0 aliphatic carbocycles. The maximum Gasteiger partial charge on any atom is 0.326 e. The molecule has 1 heterocycles. The van der Waals surface area contributed by atoms with E-state index in [9.17, 15) is 9.59 Å². The molecule has 1 aliphatic heterocycles. The topological polar surface area (TPSA) is 81.1 Å². The van der Waals surface area contributed by atoms with E-state index in [0.717, 1.165) is 4.90 Å². The Bertz CT molecular complexity index is 241. The van der Waals surface area contributed by atoms with Gasteiger partial charge in [-0.1, -0.05) is 0 Å². The predicted molar refractivity (Wildman–Crippen MR) is 42.6 cm³/mol. The van der Waals surface area contributed by atoms with Crippen LogP contribution in [-0.2, 0) is 4.79 Å². The average Bonchev–Trinajstić information content (AvgIpc) is 2.22. The van der Waals surface area contributed by atoms with Gasteiger partial charge in [0.05, 0.1) is 0 Å². The van der Waals surface area contributed by atoms with Gasteiger partial charge in [0, 0.05) is 20.5 Å². The second kappa shape index (κ2) is 3.31. The fourth-order valence-corrected chi connectivity index (χ4v) is 1.31. The number of carbonyl (C=O) groups excluding carboxylic acids is 2. The standard InChI is InChI=1S/C7H12N2O4/c1-8-4(3-5(10)11)6(12)9(2)7(8)13/h4-5,10-11H,3H2,1-2H3. The van der Waals surface area contributed by atoms with E-state index < -0.39 is 24.3 Å². The van der Waals surface area contributed by atoms with Crippen molar-refractivity contribution in [2.75, 3.05) is 14.1 Å². The lowest BCUT2D eigenvalue weighted by atomic mass is 10.2. The zero-order valence-corrected chi connectivity index (χ0v) is 7.47. The molecular weight excluding hydrogens is 176 g/mol. The van der Waals surface area contributed by atoms with Gasteiger partial charge in [-0.2, -0.15) is 0 Å². The van der Waals surface area contributed by atoms with Gasteiger partial charge in [0.15, 0.2) is 6.29 Å². The number of likely N-dealkylation sites (N-methyl/N-ethyl adjacent to an activating group) is 2. The van der Waals surface area contributed by atoms with Crippen molar-refractivity contribution in [2.45, 2.75) is 18.8 Å². The number of rotatable bonds is 2. The average molecular weight is 188 g/mol. The lowest BCUT2D eigenvalue weighted by Gasteiger charge is -2.16. The zero-order chi connectivity index (χ0) is 10.2. The summed E-state index contributed by atoms with van der Waals surface area (Å²) in [5, 5.41) is 17.3. The molecule has 0 aromatic heterocycles. The molecule has 0 aromatic carbocycles. The van der Waals surface area contributed by atoms with Gasteiger partial charge in [-0.25, -0.2) is 4.79 Å². The van der Waals surface area contributed by atoms with E-state index in [-0.39, 0.29) is 6.42 Å². The minimum absolute atomic E-state index is 0.147. The minimum Gasteiger partial charge on any atom is -0.368 e. The summed E-state index contributed by atoms with van der Waals surface area (Å²) in [5.74, 6) is -0.402. The highest BCUT2D eigenvalue weighted by Crippen LogP contribution is 2.17. The smallest absolute Gasteiger partial charge is 0.326 e. The number of carbonyl (C=O) groups is 2. The summed E-state index contributed by atoms with van der Waals surface area (Å²) in [6.45, 7) is 0. The third-order valence-corrected chi connectivity index (χ3v) is 2.11. The fourth-order valence-electron chi connectivity index (χ4n) is 1.31. The number of aliphatic hydroxyl groups is 2. The van der Waals surface area contributed by atoms with Gasteiger partial charge in [-0.15, -0.1) is 0 Å². The predicted octanol–water partition coefficient (Wildman–Crippen LogP) is -1.42. The second-order valence-corrected chi connectivity index (χ2v) is 3.02. The normalized spacial score (nSPS) is 23.6. The number of amides is 3. The van der Waals surface area contributed by atoms with E-state index >= 15 is 0 Å². The molecule has 0 aromatic rings. The maximum atomic E-state index is 11.3. The first kappa shape index (κ1) is 9.94. The molecule has 6 heteroatoms. The number of nitrogens with zero attached hydrogens (tertiary/aromatic N) is 2. The van der Waals surface area contributed by atoms with Crippen LogP contribution in [0.4, 0.5) is 4.79 Å². The monoisotopic (exact) mass is 188 g/mol. The zero-order valence-electron chi connectivity index (χ0n) is 7.47. The van der Waals surface area contributed by atoms with Crippen LogP contribution in [0.25, 0.3) is 0 Å². The summed E-state index contributed by atoms with van der Waals surface area (Å²) in [6, 6.07) is -1.17. The molecule has 0 saturated carbocycles. The van der Waals surface area contributed by atoms with Gasteiger partial charge in [0.2, 0.25) is 0 Å². The van der Waals surface area contributed by atoms with Crippen LogP contribution in [-0.4, -0.2) is 58.4 Å². The molecule has 1 saturated heterocycles. The van der Waals surface area contributed by atoms with Crippen molar-refractivity contribution in [1.82, 2.24) is 9.80 Å². The van der Waals surface area contributed by atoms with Crippen LogP contribution in [0.2, 0.25) is 0 Å². The van der Waals surface area contributed by atoms with E-state index in [4.69, 9.17) is 10.2 Å². The SMILES string of the molecule is CN1C(=O)C(CC(O)O)N(C)C1=O. The van der Waals surface area contributed by atoms with Crippen molar-refractivity contribution in [2.24, 2.45) is 0 Å². The number of hydrogen-bond donors (Lipinski definition) is 2. The van der Waals surface area contributed by atoms with Crippen LogP contribution in [0, 0.1) is 0 Å². The number of aliphatic hydroxyl groups excluding tert-OH is 1. The second-order valence-electron chi connectivity index (χ2n) is 3.02. The van der Waals surface area contributed by atoms with Crippen LogP contribution in [0.15, 0.2) is 0 Å². The lowest BCUT2D eigenvalue weighted by Crippen LogP contribution is -2.34. The Morgan fingerprint density at radius 2 is 1.92 bits per heavy atom. The Balaban J connectivity index is 2.75. The molecule has 13 heavy (non-hydrogen) atoms. The maximum absolute atomic E-state index is 11.3. The van der Waals surface area contributed by atoms with Gasteiger partial charge in [0.25, 0.3) is 5.91 Å². The fraction of sp³-hybridized carbons (Fsp3) is 0.714. The molecule has 74 valence electrons. The van der Waals surface area contributed by atoms with Crippen molar-refractivity contribution in [3.8, 4) is 0 Å². The summed E-state index contributed by atoms with van der Waals surface area (Å²) in [6.07, 6.45) is -1.72. The van der Waals surface area contributed by atoms with Crippen LogP contribution in [0.3, 0.4) is 0 Å². The van der Waals surface area contributed by atoms with Crippen molar-refractivity contribution in [1.29, 1.82) is 0 Å². The molecule has 6 nitrogen and oxygen atoms in total. The van der Waals surface area contributed by atoms with E-state index in [1.165, 1.54) is 19.0 Å². The first-order chi connectivity index (χ1) is 5.95. The molecule has 0 radical (unpaired) electrons. The van der Waals surface area contributed by atoms with Gasteiger partial charge < -0.3 is 15.1 Å². The molecule has 1 unspecified atom stereocenters. The molecule has 1 rings (SSSR count). The number of hydrogen-bond acceptors (Lipinski definition) is 4. The summed E-state index contributed by atoms with van der Waals surface area (Å²) in [5.41, 5.74) is 0. The van der Waals surface area contributed by atoms with Crippen molar-refractivity contribution in [3.05, 3.63) is 0 Å². The Labute approximate surface area is 75.4 Å². The van der Waals surface area contributed by atoms with E-state index in [1.54, 1.807) is 0 Å². The highest BCUT2D eigenvalue weighted by Gasteiger charge is 2.41. The van der Waals surface area contributed by atoms with Crippen LogP contribution in [0.1, 0.15) is 6.42 Å². The number of imide groups is 1.